The smallest absolute Gasteiger partial charge is 0.387 e. The normalized spacial score (nSPS) is 17.1. The number of nitrogens with one attached hydrogen (secondary N) is 2. The van der Waals surface area contributed by atoms with Crippen molar-refractivity contribution in [2.75, 3.05) is 31.6 Å². The lowest BCUT2D eigenvalue weighted by atomic mass is 10.2. The van der Waals surface area contributed by atoms with Crippen LogP contribution < -0.4 is 20.3 Å². The van der Waals surface area contributed by atoms with Crippen LogP contribution in [0.25, 0.3) is 0 Å². The Bertz CT molecular complexity index is 842. The van der Waals surface area contributed by atoms with Crippen molar-refractivity contribution in [1.29, 1.82) is 0 Å². The fraction of sp³-hybridized carbons (Fsp3) is 0.500. The van der Waals surface area contributed by atoms with Gasteiger partial charge in [0.15, 0.2) is 5.96 Å². The second kappa shape index (κ2) is 9.87. The molecule has 1 aliphatic rings. The summed E-state index contributed by atoms with van der Waals surface area (Å²) >= 11 is 1.73. The van der Waals surface area contributed by atoms with E-state index in [1.807, 2.05) is 26.0 Å². The number of thiazole rings is 1. The fourth-order valence-corrected chi connectivity index (χ4v) is 4.44. The van der Waals surface area contributed by atoms with Crippen molar-refractivity contribution in [3.05, 3.63) is 39.8 Å². The van der Waals surface area contributed by atoms with Crippen molar-refractivity contribution in [3.63, 3.8) is 0 Å². The van der Waals surface area contributed by atoms with Gasteiger partial charge in [0.1, 0.15) is 5.75 Å². The predicted octanol–water partition coefficient (Wildman–Crippen LogP) is 3.35. The molecule has 2 N–H and O–H groups in total. The van der Waals surface area contributed by atoms with Crippen molar-refractivity contribution >= 4 is 23.0 Å². The molecular formula is C20H27F2N5OS. The molecule has 1 aliphatic heterocycles. The molecular weight excluding hydrogens is 396 g/mol. The van der Waals surface area contributed by atoms with Gasteiger partial charge in [-0.3, -0.25) is 4.99 Å². The third-order valence-corrected chi connectivity index (χ3v) is 5.95. The van der Waals surface area contributed by atoms with E-state index in [4.69, 9.17) is 0 Å². The number of nitrogens with zero attached hydrogens (tertiary/aromatic N) is 3. The number of alkyl halides is 2. The molecule has 1 aromatic heterocycles. The summed E-state index contributed by atoms with van der Waals surface area (Å²) in [4.78, 5) is 12.1. The van der Waals surface area contributed by atoms with Gasteiger partial charge in [0, 0.05) is 44.0 Å². The van der Waals surface area contributed by atoms with Gasteiger partial charge in [-0.1, -0.05) is 12.1 Å². The van der Waals surface area contributed by atoms with Crippen LogP contribution in [0, 0.1) is 13.8 Å². The summed E-state index contributed by atoms with van der Waals surface area (Å²) < 4.78 is 30.0. The van der Waals surface area contributed by atoms with Crippen molar-refractivity contribution in [1.82, 2.24) is 15.6 Å². The zero-order valence-corrected chi connectivity index (χ0v) is 17.7. The van der Waals surface area contributed by atoms with E-state index >= 15 is 0 Å². The van der Waals surface area contributed by atoms with Crippen LogP contribution in [0.1, 0.15) is 22.0 Å². The Morgan fingerprint density at radius 2 is 2.17 bits per heavy atom. The largest absolute Gasteiger partial charge is 0.433 e. The molecule has 1 aromatic carbocycles. The maximum Gasteiger partial charge on any atom is 0.387 e. The fourth-order valence-electron chi connectivity index (χ4n) is 3.50. The molecule has 1 fully saturated rings. The predicted molar refractivity (Wildman–Crippen MR) is 113 cm³/mol. The Morgan fingerprint density at radius 3 is 2.86 bits per heavy atom. The summed E-state index contributed by atoms with van der Waals surface area (Å²) in [6.45, 7) is 3.44. The Labute approximate surface area is 174 Å². The van der Waals surface area contributed by atoms with Gasteiger partial charge in [-0.15, -0.1) is 11.3 Å². The van der Waals surface area contributed by atoms with Crippen LogP contribution in [0.15, 0.2) is 29.3 Å². The molecule has 1 atom stereocenters. The van der Waals surface area contributed by atoms with E-state index in [-0.39, 0.29) is 11.8 Å². The van der Waals surface area contributed by atoms with Crippen molar-refractivity contribution < 1.29 is 13.5 Å². The maximum atomic E-state index is 12.7. The molecule has 0 amide bonds. The van der Waals surface area contributed by atoms with Gasteiger partial charge < -0.3 is 20.3 Å². The molecule has 0 spiro atoms. The number of guanidine groups is 1. The van der Waals surface area contributed by atoms with E-state index in [9.17, 15) is 8.78 Å². The van der Waals surface area contributed by atoms with Gasteiger partial charge in [-0.05, 0) is 32.4 Å². The third kappa shape index (κ3) is 5.79. The number of anilines is 1. The second-order valence-corrected chi connectivity index (χ2v) is 8.20. The number of halogens is 2. The van der Waals surface area contributed by atoms with E-state index in [1.54, 1.807) is 30.5 Å². The summed E-state index contributed by atoms with van der Waals surface area (Å²) in [5, 5.41) is 7.86. The summed E-state index contributed by atoms with van der Waals surface area (Å²) in [5.74, 6) is 0.953. The first-order valence-electron chi connectivity index (χ1n) is 9.65. The molecule has 0 saturated carbocycles. The number of ether oxygens (including phenoxy) is 1. The van der Waals surface area contributed by atoms with Crippen LogP contribution in [0.5, 0.6) is 5.75 Å². The molecule has 6 nitrogen and oxygen atoms in total. The zero-order valence-electron chi connectivity index (χ0n) is 16.9. The highest BCUT2D eigenvalue weighted by Gasteiger charge is 2.26. The molecule has 2 heterocycles. The molecule has 158 valence electrons. The van der Waals surface area contributed by atoms with Gasteiger partial charge in [-0.2, -0.15) is 8.78 Å². The average molecular weight is 424 g/mol. The van der Waals surface area contributed by atoms with Crippen LogP contribution in [-0.2, 0) is 6.42 Å². The maximum absolute atomic E-state index is 12.7. The second-order valence-electron chi connectivity index (χ2n) is 6.91. The Hall–Kier alpha value is -2.42. The minimum atomic E-state index is -2.83. The van der Waals surface area contributed by atoms with Gasteiger partial charge >= 0.3 is 6.61 Å². The monoisotopic (exact) mass is 423 g/mol. The number of para-hydroxylation sites is 2. The summed E-state index contributed by atoms with van der Waals surface area (Å²) in [7, 11) is 1.75. The first-order chi connectivity index (χ1) is 14.0. The van der Waals surface area contributed by atoms with Gasteiger partial charge in [0.2, 0.25) is 0 Å². The number of hydrogen-bond acceptors (Lipinski definition) is 5. The Kier molecular flexibility index (Phi) is 7.24. The Morgan fingerprint density at radius 1 is 1.38 bits per heavy atom. The molecule has 2 aromatic rings. The number of aryl methyl sites for hydroxylation is 2. The van der Waals surface area contributed by atoms with Gasteiger partial charge in [0.05, 0.1) is 16.4 Å². The Balaban J connectivity index is 1.51. The molecule has 29 heavy (non-hydrogen) atoms. The molecule has 1 saturated heterocycles. The minimum Gasteiger partial charge on any atom is -0.433 e. The van der Waals surface area contributed by atoms with E-state index in [1.165, 1.54) is 4.88 Å². The lowest BCUT2D eigenvalue weighted by Crippen LogP contribution is -2.45. The lowest BCUT2D eigenvalue weighted by Gasteiger charge is -2.22. The molecule has 3 rings (SSSR count). The van der Waals surface area contributed by atoms with Crippen LogP contribution in [0.4, 0.5) is 14.5 Å². The quantitative estimate of drug-likeness (QED) is 0.528. The number of benzene rings is 1. The highest BCUT2D eigenvalue weighted by atomic mass is 32.1. The van der Waals surface area contributed by atoms with Crippen molar-refractivity contribution in [3.8, 4) is 5.75 Å². The van der Waals surface area contributed by atoms with Crippen LogP contribution >= 0.6 is 11.3 Å². The van der Waals surface area contributed by atoms with Gasteiger partial charge in [0.25, 0.3) is 0 Å². The standard InChI is InChI=1S/C20H27F2N5OS/c1-13-18(29-14(2)25-13)8-10-24-20(23-3)26-15-9-11-27(12-15)16-6-4-5-7-17(16)28-19(21)22/h4-7,15,19H,8-12H2,1-3H3,(H2,23,24,26). The van der Waals surface area contributed by atoms with Crippen LogP contribution in [0.2, 0.25) is 0 Å². The van der Waals surface area contributed by atoms with E-state index in [0.717, 1.165) is 42.6 Å². The number of rotatable bonds is 7. The average Bonchev–Trinajstić information content (AvgIpc) is 3.27. The van der Waals surface area contributed by atoms with Gasteiger partial charge in [-0.25, -0.2) is 4.98 Å². The van der Waals surface area contributed by atoms with Crippen LogP contribution in [-0.4, -0.2) is 50.3 Å². The number of hydrogen-bond donors (Lipinski definition) is 2. The number of aromatic nitrogens is 1. The molecule has 0 aliphatic carbocycles. The lowest BCUT2D eigenvalue weighted by molar-refractivity contribution is -0.0495. The molecule has 0 bridgehead atoms. The number of aliphatic imine (C=N–C) groups is 1. The third-order valence-electron chi connectivity index (χ3n) is 4.82. The molecule has 1 unspecified atom stereocenters. The highest BCUT2D eigenvalue weighted by molar-refractivity contribution is 7.11. The summed E-state index contributed by atoms with van der Waals surface area (Å²) in [6.07, 6.45) is 1.78. The van der Waals surface area contributed by atoms with Crippen molar-refractivity contribution in [2.45, 2.75) is 39.3 Å². The topological polar surface area (TPSA) is 61.8 Å². The summed E-state index contributed by atoms with van der Waals surface area (Å²) in [6, 6.07) is 7.09. The van der Waals surface area contributed by atoms with E-state index in [0.29, 0.717) is 12.2 Å². The molecule has 9 heteroatoms. The van der Waals surface area contributed by atoms with Crippen LogP contribution in [0.3, 0.4) is 0 Å². The first kappa shape index (κ1) is 21.3. The zero-order chi connectivity index (χ0) is 20.8. The van der Waals surface area contributed by atoms with E-state index < -0.39 is 6.61 Å². The minimum absolute atomic E-state index is 0.174. The first-order valence-corrected chi connectivity index (χ1v) is 10.5. The summed E-state index contributed by atoms with van der Waals surface area (Å²) in [5.41, 5.74) is 1.78. The highest BCUT2D eigenvalue weighted by Crippen LogP contribution is 2.31. The van der Waals surface area contributed by atoms with E-state index in [2.05, 4.69) is 30.2 Å². The van der Waals surface area contributed by atoms with Crippen molar-refractivity contribution in [2.24, 2.45) is 4.99 Å². The SMILES string of the molecule is CN=C(NCCc1sc(C)nc1C)NC1CCN(c2ccccc2OC(F)F)C1. The molecule has 0 radical (unpaired) electrons.